The van der Waals surface area contributed by atoms with Crippen LogP contribution in [0.5, 0.6) is 5.75 Å². The highest BCUT2D eigenvalue weighted by atomic mass is 35.5. The Morgan fingerprint density at radius 3 is 2.74 bits per heavy atom. The summed E-state index contributed by atoms with van der Waals surface area (Å²) in [6.45, 7) is 4.47. The number of fused-ring (bicyclic) bond motifs is 1. The molecule has 1 heterocycles. The first kappa shape index (κ1) is 18.3. The van der Waals surface area contributed by atoms with E-state index in [9.17, 15) is 4.79 Å². The van der Waals surface area contributed by atoms with Crippen LogP contribution in [0.3, 0.4) is 0 Å². The monoisotopic (exact) mass is 385 g/mol. The molecule has 4 rings (SSSR count). The molecule has 0 saturated carbocycles. The fraction of sp³-hybridized carbons (Fsp3) is 0.409. The molecule has 0 bridgehead atoms. The van der Waals surface area contributed by atoms with Gasteiger partial charge in [0.25, 0.3) is 0 Å². The Labute approximate surface area is 164 Å². The quantitative estimate of drug-likeness (QED) is 0.817. The number of carboxylic acids is 1. The van der Waals surface area contributed by atoms with E-state index >= 15 is 0 Å². The van der Waals surface area contributed by atoms with Gasteiger partial charge in [0.05, 0.1) is 6.54 Å². The molecule has 0 amide bonds. The minimum atomic E-state index is -0.748. The molecule has 1 aliphatic heterocycles. The van der Waals surface area contributed by atoms with Crippen molar-refractivity contribution in [3.63, 3.8) is 0 Å². The SMILES string of the molecule is CCc1cccc(Cl)c1COc1ccc2c(c1)CC1(C2)CN(CC(=O)O)C1. The Kier molecular flexibility index (Phi) is 4.87. The Hall–Kier alpha value is -2.04. The van der Waals surface area contributed by atoms with Gasteiger partial charge >= 0.3 is 5.97 Å². The molecule has 4 nitrogen and oxygen atoms in total. The second kappa shape index (κ2) is 7.17. The van der Waals surface area contributed by atoms with Crippen LogP contribution in [-0.4, -0.2) is 35.6 Å². The lowest BCUT2D eigenvalue weighted by atomic mass is 9.77. The highest BCUT2D eigenvalue weighted by Crippen LogP contribution is 2.44. The number of aliphatic carboxylic acids is 1. The average Bonchev–Trinajstić information content (AvgIpc) is 2.98. The third kappa shape index (κ3) is 3.69. The number of nitrogens with zero attached hydrogens (tertiary/aromatic N) is 1. The molecule has 1 fully saturated rings. The first-order valence-corrected chi connectivity index (χ1v) is 9.81. The van der Waals surface area contributed by atoms with E-state index in [4.69, 9.17) is 21.4 Å². The van der Waals surface area contributed by atoms with Crippen LogP contribution in [0.2, 0.25) is 5.02 Å². The lowest BCUT2D eigenvalue weighted by molar-refractivity contribution is -0.141. The third-order valence-electron chi connectivity index (χ3n) is 5.77. The molecule has 0 unspecified atom stereocenters. The summed E-state index contributed by atoms with van der Waals surface area (Å²) in [6, 6.07) is 12.3. The van der Waals surface area contributed by atoms with Gasteiger partial charge in [-0.2, -0.15) is 0 Å². The van der Waals surface area contributed by atoms with Crippen LogP contribution in [-0.2, 0) is 30.7 Å². The fourth-order valence-electron chi connectivity index (χ4n) is 4.58. The highest BCUT2D eigenvalue weighted by molar-refractivity contribution is 6.31. The second-order valence-corrected chi connectivity index (χ2v) is 8.25. The van der Waals surface area contributed by atoms with Gasteiger partial charge in [-0.3, -0.25) is 9.69 Å². The van der Waals surface area contributed by atoms with Gasteiger partial charge < -0.3 is 9.84 Å². The van der Waals surface area contributed by atoms with E-state index in [0.29, 0.717) is 6.61 Å². The summed E-state index contributed by atoms with van der Waals surface area (Å²) < 4.78 is 6.06. The highest BCUT2D eigenvalue weighted by Gasteiger charge is 2.47. The van der Waals surface area contributed by atoms with E-state index in [1.807, 2.05) is 23.1 Å². The van der Waals surface area contributed by atoms with E-state index < -0.39 is 5.97 Å². The van der Waals surface area contributed by atoms with Crippen LogP contribution in [0, 0.1) is 5.41 Å². The molecule has 0 aromatic heterocycles. The zero-order chi connectivity index (χ0) is 19.0. The fourth-order valence-corrected chi connectivity index (χ4v) is 4.83. The number of benzene rings is 2. The zero-order valence-corrected chi connectivity index (χ0v) is 16.3. The predicted molar refractivity (Wildman–Crippen MR) is 106 cm³/mol. The van der Waals surface area contributed by atoms with Gasteiger partial charge in [0, 0.05) is 29.1 Å². The molecule has 1 N–H and O–H groups in total. The van der Waals surface area contributed by atoms with Crippen molar-refractivity contribution in [2.24, 2.45) is 5.41 Å². The van der Waals surface area contributed by atoms with E-state index in [2.05, 4.69) is 25.1 Å². The number of ether oxygens (including phenoxy) is 1. The van der Waals surface area contributed by atoms with Gasteiger partial charge in [0.2, 0.25) is 0 Å². The molecule has 27 heavy (non-hydrogen) atoms. The van der Waals surface area contributed by atoms with Crippen molar-refractivity contribution in [3.8, 4) is 5.75 Å². The number of halogens is 1. The van der Waals surface area contributed by atoms with Crippen LogP contribution in [0.4, 0.5) is 0 Å². The summed E-state index contributed by atoms with van der Waals surface area (Å²) in [5.74, 6) is 0.122. The standard InChI is InChI=1S/C22H24ClNO3/c1-2-15-4-3-5-20(23)19(15)12-27-18-7-6-16-9-22(10-17(16)8-18)13-24(14-22)11-21(25)26/h3-8H,2,9-14H2,1H3,(H,25,26). The maximum atomic E-state index is 10.9. The minimum Gasteiger partial charge on any atom is -0.489 e. The summed E-state index contributed by atoms with van der Waals surface area (Å²) in [7, 11) is 0. The van der Waals surface area contributed by atoms with E-state index in [-0.39, 0.29) is 12.0 Å². The molecule has 2 aromatic carbocycles. The summed E-state index contributed by atoms with van der Waals surface area (Å²) in [5, 5.41) is 9.68. The van der Waals surface area contributed by atoms with Crippen LogP contribution in [0.25, 0.3) is 0 Å². The molecule has 1 saturated heterocycles. The number of hydrogen-bond donors (Lipinski definition) is 1. The molecule has 1 spiro atoms. The topological polar surface area (TPSA) is 49.8 Å². The maximum absolute atomic E-state index is 10.9. The number of rotatable bonds is 6. The number of likely N-dealkylation sites (tertiary alicyclic amines) is 1. The Balaban J connectivity index is 1.41. The van der Waals surface area contributed by atoms with E-state index in [0.717, 1.165) is 48.7 Å². The summed E-state index contributed by atoms with van der Waals surface area (Å²) >= 11 is 6.36. The summed E-state index contributed by atoms with van der Waals surface area (Å²) in [5.41, 5.74) is 5.19. The molecule has 0 atom stereocenters. The van der Waals surface area contributed by atoms with Gasteiger partial charge in [0.15, 0.2) is 0 Å². The number of aryl methyl sites for hydroxylation is 1. The van der Waals surface area contributed by atoms with Crippen LogP contribution in [0.1, 0.15) is 29.2 Å². The lowest BCUT2D eigenvalue weighted by Gasteiger charge is -2.47. The average molecular weight is 386 g/mol. The smallest absolute Gasteiger partial charge is 0.317 e. The van der Waals surface area contributed by atoms with Crippen LogP contribution >= 0.6 is 11.6 Å². The molecule has 142 valence electrons. The number of hydrogen-bond acceptors (Lipinski definition) is 3. The molecule has 5 heteroatoms. The lowest BCUT2D eigenvalue weighted by Crippen LogP contribution is -2.58. The van der Waals surface area contributed by atoms with Crippen molar-refractivity contribution in [1.29, 1.82) is 0 Å². The van der Waals surface area contributed by atoms with Gasteiger partial charge in [0.1, 0.15) is 12.4 Å². The number of carboxylic acid groups (broad SMARTS) is 1. The molecular weight excluding hydrogens is 362 g/mol. The van der Waals surface area contributed by atoms with Gasteiger partial charge in [-0.05, 0) is 54.2 Å². The van der Waals surface area contributed by atoms with E-state index in [1.54, 1.807) is 0 Å². The second-order valence-electron chi connectivity index (χ2n) is 7.84. The largest absolute Gasteiger partial charge is 0.489 e. The zero-order valence-electron chi connectivity index (χ0n) is 15.5. The normalized spacial score (nSPS) is 17.6. The molecule has 1 aliphatic carbocycles. The first-order chi connectivity index (χ1) is 13.0. The summed E-state index contributed by atoms with van der Waals surface area (Å²) in [4.78, 5) is 12.9. The molecular formula is C22H24ClNO3. The van der Waals surface area contributed by atoms with Crippen molar-refractivity contribution in [2.45, 2.75) is 32.8 Å². The van der Waals surface area contributed by atoms with Crippen LogP contribution in [0.15, 0.2) is 36.4 Å². The first-order valence-electron chi connectivity index (χ1n) is 9.43. The molecule has 2 aromatic rings. The van der Waals surface area contributed by atoms with Crippen LogP contribution < -0.4 is 4.74 Å². The predicted octanol–water partition coefficient (Wildman–Crippen LogP) is 3.97. The van der Waals surface area contributed by atoms with Gasteiger partial charge in [-0.25, -0.2) is 0 Å². The summed E-state index contributed by atoms with van der Waals surface area (Å²) in [6.07, 6.45) is 2.96. The van der Waals surface area contributed by atoms with Gasteiger partial charge in [-0.15, -0.1) is 0 Å². The third-order valence-corrected chi connectivity index (χ3v) is 6.12. The molecule has 0 radical (unpaired) electrons. The van der Waals surface area contributed by atoms with Gasteiger partial charge in [-0.1, -0.05) is 36.7 Å². The Bertz CT molecular complexity index is 874. The van der Waals surface area contributed by atoms with Crippen molar-refractivity contribution < 1.29 is 14.6 Å². The van der Waals surface area contributed by atoms with Crippen molar-refractivity contribution in [2.75, 3.05) is 19.6 Å². The Morgan fingerprint density at radius 2 is 2.00 bits per heavy atom. The maximum Gasteiger partial charge on any atom is 0.317 e. The number of carbonyl (C=O) groups is 1. The molecule has 2 aliphatic rings. The van der Waals surface area contributed by atoms with E-state index in [1.165, 1.54) is 16.7 Å². The van der Waals surface area contributed by atoms with Crippen molar-refractivity contribution in [3.05, 3.63) is 63.7 Å². The van der Waals surface area contributed by atoms with Crippen molar-refractivity contribution in [1.82, 2.24) is 4.90 Å². The minimum absolute atomic E-state index is 0.143. The Morgan fingerprint density at radius 1 is 1.22 bits per heavy atom. The van der Waals surface area contributed by atoms with Crippen molar-refractivity contribution >= 4 is 17.6 Å².